The van der Waals surface area contributed by atoms with Gasteiger partial charge >= 0.3 is 6.09 Å². The molecule has 9 heteroatoms. The third-order valence-corrected chi connectivity index (χ3v) is 6.78. The molecule has 0 radical (unpaired) electrons. The van der Waals surface area contributed by atoms with Crippen molar-refractivity contribution in [3.05, 3.63) is 59.8 Å². The third kappa shape index (κ3) is 5.30. The summed E-state index contributed by atoms with van der Waals surface area (Å²) in [4.78, 5) is 38.7. The van der Waals surface area contributed by atoms with Crippen molar-refractivity contribution in [1.82, 2.24) is 19.8 Å². The zero-order chi connectivity index (χ0) is 24.9. The van der Waals surface area contributed by atoms with Gasteiger partial charge in [-0.15, -0.1) is 0 Å². The van der Waals surface area contributed by atoms with E-state index in [0.717, 1.165) is 43.7 Å². The Bertz CT molecular complexity index is 1070. The van der Waals surface area contributed by atoms with Crippen LogP contribution in [-0.2, 0) is 16.1 Å². The highest BCUT2D eigenvalue weighted by Crippen LogP contribution is 2.29. The maximum Gasteiger partial charge on any atom is 0.415 e. The van der Waals surface area contributed by atoms with E-state index in [9.17, 15) is 9.59 Å². The molecule has 0 saturated carbocycles. The van der Waals surface area contributed by atoms with E-state index in [2.05, 4.69) is 64.9 Å². The quantitative estimate of drug-likeness (QED) is 0.575. The van der Waals surface area contributed by atoms with E-state index in [1.165, 1.54) is 16.5 Å². The van der Waals surface area contributed by atoms with Crippen LogP contribution in [0.15, 0.2) is 43.1 Å². The average molecular weight is 479 g/mol. The number of piperazine rings is 1. The van der Waals surface area contributed by atoms with Crippen LogP contribution < -0.4 is 10.2 Å². The van der Waals surface area contributed by atoms with E-state index in [0.29, 0.717) is 24.4 Å². The van der Waals surface area contributed by atoms with Crippen LogP contribution >= 0.6 is 0 Å². The van der Waals surface area contributed by atoms with Gasteiger partial charge in [-0.3, -0.25) is 14.6 Å². The summed E-state index contributed by atoms with van der Waals surface area (Å²) in [5.41, 5.74) is 3.20. The Morgan fingerprint density at radius 2 is 1.86 bits per heavy atom. The number of cyclic esters (lactones) is 1. The maximum atomic E-state index is 12.0. The Balaban J connectivity index is 1.41. The molecule has 1 aromatic heterocycles. The van der Waals surface area contributed by atoms with Crippen LogP contribution in [0, 0.1) is 0 Å². The predicted octanol–water partition coefficient (Wildman–Crippen LogP) is 3.91. The van der Waals surface area contributed by atoms with E-state index in [1.54, 1.807) is 6.20 Å². The molecule has 1 aromatic carbocycles. The normalized spacial score (nSPS) is 17.9. The lowest BCUT2D eigenvalue weighted by atomic mass is 9.98. The molecule has 1 fully saturated rings. The van der Waals surface area contributed by atoms with Gasteiger partial charge in [0.15, 0.2) is 0 Å². The monoisotopic (exact) mass is 478 g/mol. The Morgan fingerprint density at radius 3 is 2.49 bits per heavy atom. The first-order valence-electron chi connectivity index (χ1n) is 12.3. The van der Waals surface area contributed by atoms with E-state index in [-0.39, 0.29) is 24.6 Å². The first-order valence-corrected chi connectivity index (χ1v) is 12.3. The SMILES string of the molecule is C=CC(=O)N1CCN(C(CC)c2ccc(C(C)Nc3ncc4c(n3)N(CC)C(=O)OC4)cc2)CC1. The van der Waals surface area contributed by atoms with Gasteiger partial charge in [0.1, 0.15) is 12.4 Å². The fourth-order valence-electron chi connectivity index (χ4n) is 4.76. The summed E-state index contributed by atoms with van der Waals surface area (Å²) in [6, 6.07) is 8.96. The topological polar surface area (TPSA) is 90.9 Å². The number of amides is 2. The van der Waals surface area contributed by atoms with E-state index < -0.39 is 0 Å². The van der Waals surface area contributed by atoms with Gasteiger partial charge in [-0.1, -0.05) is 37.8 Å². The van der Waals surface area contributed by atoms with Gasteiger partial charge in [0.05, 0.1) is 11.6 Å². The summed E-state index contributed by atoms with van der Waals surface area (Å²) >= 11 is 0. The van der Waals surface area contributed by atoms with Crippen LogP contribution in [0.4, 0.5) is 16.6 Å². The number of carbonyl (C=O) groups is 2. The lowest BCUT2D eigenvalue weighted by Crippen LogP contribution is -2.49. The highest BCUT2D eigenvalue weighted by atomic mass is 16.6. The molecule has 1 saturated heterocycles. The molecule has 2 atom stereocenters. The number of anilines is 2. The number of carbonyl (C=O) groups excluding carboxylic acids is 2. The standard InChI is InChI=1S/C26H34N6O3/c1-5-22(30-12-14-31(15-13-30)23(33)6-2)20-10-8-19(9-11-20)18(4)28-25-27-16-21-17-35-26(34)32(7-3)24(21)29-25/h6,8-11,16,18,22H,2,5,7,12-15,17H2,1,3-4H3,(H,27,28,29). The minimum atomic E-state index is -0.382. The van der Waals surface area contributed by atoms with Crippen molar-refractivity contribution in [2.24, 2.45) is 0 Å². The number of benzene rings is 1. The number of hydrogen-bond acceptors (Lipinski definition) is 7. The highest BCUT2D eigenvalue weighted by molar-refractivity contribution is 5.89. The average Bonchev–Trinajstić information content (AvgIpc) is 2.89. The van der Waals surface area contributed by atoms with Crippen LogP contribution in [-0.4, -0.2) is 64.5 Å². The smallest absolute Gasteiger partial charge is 0.415 e. The molecule has 35 heavy (non-hydrogen) atoms. The van der Waals surface area contributed by atoms with Gasteiger partial charge in [0, 0.05) is 45.0 Å². The molecule has 2 unspecified atom stereocenters. The van der Waals surface area contributed by atoms with Gasteiger partial charge in [-0.2, -0.15) is 4.98 Å². The maximum absolute atomic E-state index is 12.0. The molecule has 0 aliphatic carbocycles. The molecular weight excluding hydrogens is 444 g/mol. The number of rotatable bonds is 8. The first kappa shape index (κ1) is 24.7. The largest absolute Gasteiger partial charge is 0.444 e. The highest BCUT2D eigenvalue weighted by Gasteiger charge is 2.27. The Labute approximate surface area is 206 Å². The number of hydrogen-bond donors (Lipinski definition) is 1. The Morgan fingerprint density at radius 1 is 1.17 bits per heavy atom. The van der Waals surface area contributed by atoms with Gasteiger partial charge in [-0.25, -0.2) is 9.78 Å². The summed E-state index contributed by atoms with van der Waals surface area (Å²) in [5.74, 6) is 1.09. The Kier molecular flexibility index (Phi) is 7.65. The van der Waals surface area contributed by atoms with Crippen molar-refractivity contribution in [3.63, 3.8) is 0 Å². The molecule has 3 heterocycles. The number of nitrogens with zero attached hydrogens (tertiary/aromatic N) is 5. The second-order valence-corrected chi connectivity index (χ2v) is 8.86. The minimum absolute atomic E-state index is 0.00813. The van der Waals surface area contributed by atoms with Crippen LogP contribution in [0.5, 0.6) is 0 Å². The Hall–Kier alpha value is -3.46. The van der Waals surface area contributed by atoms with Gasteiger partial charge < -0.3 is 15.0 Å². The number of ether oxygens (including phenoxy) is 1. The lowest BCUT2D eigenvalue weighted by molar-refractivity contribution is -0.128. The second-order valence-electron chi connectivity index (χ2n) is 8.86. The van der Waals surface area contributed by atoms with Gasteiger partial charge in [-0.05, 0) is 37.5 Å². The predicted molar refractivity (Wildman–Crippen MR) is 135 cm³/mol. The molecule has 2 amide bonds. The molecule has 0 spiro atoms. The molecule has 1 N–H and O–H groups in total. The van der Waals surface area contributed by atoms with E-state index >= 15 is 0 Å². The summed E-state index contributed by atoms with van der Waals surface area (Å²) in [7, 11) is 0. The second kappa shape index (κ2) is 10.9. The molecule has 0 bridgehead atoms. The van der Waals surface area contributed by atoms with Crippen LogP contribution in [0.3, 0.4) is 0 Å². The summed E-state index contributed by atoms with van der Waals surface area (Å²) in [5, 5.41) is 3.36. The number of fused-ring (bicyclic) bond motifs is 1. The van der Waals surface area contributed by atoms with Crippen molar-refractivity contribution >= 4 is 23.8 Å². The van der Waals surface area contributed by atoms with Crippen molar-refractivity contribution < 1.29 is 14.3 Å². The molecule has 4 rings (SSSR count). The van der Waals surface area contributed by atoms with Crippen molar-refractivity contribution in [3.8, 4) is 0 Å². The van der Waals surface area contributed by atoms with Gasteiger partial charge in [0.2, 0.25) is 11.9 Å². The van der Waals surface area contributed by atoms with Gasteiger partial charge in [0.25, 0.3) is 0 Å². The lowest BCUT2D eigenvalue weighted by Gasteiger charge is -2.39. The molecule has 2 aliphatic rings. The summed E-state index contributed by atoms with van der Waals surface area (Å²) < 4.78 is 5.16. The summed E-state index contributed by atoms with van der Waals surface area (Å²) in [6.07, 6.45) is 3.72. The van der Waals surface area contributed by atoms with E-state index in [4.69, 9.17) is 4.74 Å². The molecular formula is C26H34N6O3. The van der Waals surface area contributed by atoms with Crippen LogP contribution in [0.25, 0.3) is 0 Å². The van der Waals surface area contributed by atoms with Crippen LogP contribution in [0.1, 0.15) is 56.0 Å². The first-order chi connectivity index (χ1) is 16.9. The van der Waals surface area contributed by atoms with Crippen molar-refractivity contribution in [1.29, 1.82) is 0 Å². The molecule has 2 aromatic rings. The molecule has 2 aliphatic heterocycles. The minimum Gasteiger partial charge on any atom is -0.444 e. The fourth-order valence-corrected chi connectivity index (χ4v) is 4.76. The summed E-state index contributed by atoms with van der Waals surface area (Å²) in [6.45, 7) is 13.6. The zero-order valence-corrected chi connectivity index (χ0v) is 20.7. The van der Waals surface area contributed by atoms with Crippen molar-refractivity contribution in [2.75, 3.05) is 42.9 Å². The molecule has 9 nitrogen and oxygen atoms in total. The van der Waals surface area contributed by atoms with Crippen LogP contribution in [0.2, 0.25) is 0 Å². The number of aromatic nitrogens is 2. The number of nitrogens with one attached hydrogen (secondary N) is 1. The fraction of sp³-hybridized carbons (Fsp3) is 0.462. The zero-order valence-electron chi connectivity index (χ0n) is 20.7. The third-order valence-electron chi connectivity index (χ3n) is 6.78. The van der Waals surface area contributed by atoms with E-state index in [1.807, 2.05) is 11.8 Å². The van der Waals surface area contributed by atoms with Crippen molar-refractivity contribution in [2.45, 2.75) is 45.9 Å². The molecule has 186 valence electrons.